The second-order valence-electron chi connectivity index (χ2n) is 3.77. The molecule has 0 atom stereocenters. The molecule has 19 heavy (non-hydrogen) atoms. The fourth-order valence-electron chi connectivity index (χ4n) is 1.53. The normalized spacial score (nSPS) is 10.0. The summed E-state index contributed by atoms with van der Waals surface area (Å²) in [6.45, 7) is -0.208. The Labute approximate surface area is 118 Å². The number of hydrogen-bond acceptors (Lipinski definition) is 3. The van der Waals surface area contributed by atoms with Gasteiger partial charge in [-0.3, -0.25) is 0 Å². The Bertz CT molecular complexity index is 652. The molecule has 3 nitrogen and oxygen atoms in total. The lowest BCUT2D eigenvalue weighted by atomic mass is 10.2. The second-order valence-corrected chi connectivity index (χ2v) is 4.68. The van der Waals surface area contributed by atoms with E-state index in [2.05, 4.69) is 15.9 Å². The lowest BCUT2D eigenvalue weighted by molar-refractivity contribution is 0.276. The van der Waals surface area contributed by atoms with Gasteiger partial charge in [0.25, 0.3) is 0 Å². The molecule has 0 bridgehead atoms. The van der Waals surface area contributed by atoms with Gasteiger partial charge in [0, 0.05) is 10.0 Å². The summed E-state index contributed by atoms with van der Waals surface area (Å²) < 4.78 is 19.9. The van der Waals surface area contributed by atoms with E-state index in [-0.39, 0.29) is 17.9 Å². The first-order valence-electron chi connectivity index (χ1n) is 5.41. The first-order valence-corrected chi connectivity index (χ1v) is 6.20. The molecule has 1 N–H and O–H groups in total. The monoisotopic (exact) mass is 321 g/mol. The van der Waals surface area contributed by atoms with E-state index in [4.69, 9.17) is 10.00 Å². The van der Waals surface area contributed by atoms with Gasteiger partial charge in [-0.15, -0.1) is 0 Å². The average Bonchev–Trinajstić information content (AvgIpc) is 2.41. The van der Waals surface area contributed by atoms with Gasteiger partial charge in [0.1, 0.15) is 5.75 Å². The molecule has 0 spiro atoms. The minimum atomic E-state index is -0.622. The summed E-state index contributed by atoms with van der Waals surface area (Å²) in [6.07, 6.45) is 0. The molecule has 2 rings (SSSR count). The van der Waals surface area contributed by atoms with Gasteiger partial charge in [-0.25, -0.2) is 4.39 Å². The van der Waals surface area contributed by atoms with Gasteiger partial charge in [0.2, 0.25) is 0 Å². The number of benzene rings is 2. The third-order valence-corrected chi connectivity index (χ3v) is 2.97. The van der Waals surface area contributed by atoms with Crippen LogP contribution in [0.5, 0.6) is 11.5 Å². The zero-order valence-corrected chi connectivity index (χ0v) is 11.3. The maximum Gasteiger partial charge on any atom is 0.167 e. The van der Waals surface area contributed by atoms with Crippen LogP contribution >= 0.6 is 15.9 Å². The number of nitrogens with zero attached hydrogens (tertiary/aromatic N) is 1. The van der Waals surface area contributed by atoms with Crippen molar-refractivity contribution in [3.63, 3.8) is 0 Å². The number of rotatable bonds is 3. The summed E-state index contributed by atoms with van der Waals surface area (Å²) in [7, 11) is 0. The lowest BCUT2D eigenvalue weighted by Gasteiger charge is -2.11. The van der Waals surface area contributed by atoms with Crippen molar-refractivity contribution in [3.05, 3.63) is 57.8 Å². The fraction of sp³-hybridized carbons (Fsp3) is 0.0714. The molecule has 0 aromatic heterocycles. The Morgan fingerprint density at radius 3 is 2.63 bits per heavy atom. The maximum absolute atomic E-state index is 13.7. The van der Waals surface area contributed by atoms with Crippen molar-refractivity contribution in [1.82, 2.24) is 0 Å². The van der Waals surface area contributed by atoms with Gasteiger partial charge >= 0.3 is 0 Å². The fourth-order valence-corrected chi connectivity index (χ4v) is 1.87. The summed E-state index contributed by atoms with van der Waals surface area (Å²) in [5.74, 6) is -0.254. The van der Waals surface area contributed by atoms with Gasteiger partial charge in [-0.1, -0.05) is 22.0 Å². The van der Waals surface area contributed by atoms with Crippen molar-refractivity contribution in [2.75, 3.05) is 0 Å². The van der Waals surface area contributed by atoms with Crippen LogP contribution in [0.2, 0.25) is 0 Å². The zero-order chi connectivity index (χ0) is 13.8. The smallest absolute Gasteiger partial charge is 0.167 e. The molecular formula is C14H9BrFNO2. The molecule has 0 fully saturated rings. The Morgan fingerprint density at radius 1 is 1.21 bits per heavy atom. The number of ether oxygens (including phenoxy) is 1. The van der Waals surface area contributed by atoms with Gasteiger partial charge in [-0.2, -0.15) is 5.26 Å². The first kappa shape index (κ1) is 13.5. The van der Waals surface area contributed by atoms with E-state index >= 15 is 0 Å². The third kappa shape index (κ3) is 3.11. The third-order valence-electron chi connectivity index (χ3n) is 2.48. The van der Waals surface area contributed by atoms with E-state index in [0.29, 0.717) is 11.3 Å². The largest absolute Gasteiger partial charge is 0.454 e. The van der Waals surface area contributed by atoms with E-state index in [0.717, 1.165) is 10.5 Å². The van der Waals surface area contributed by atoms with Gasteiger partial charge in [0.15, 0.2) is 11.6 Å². The topological polar surface area (TPSA) is 53.2 Å². The predicted octanol–water partition coefficient (Wildman–Crippen LogP) is 3.74. The van der Waals surface area contributed by atoms with Crippen molar-refractivity contribution >= 4 is 15.9 Å². The van der Waals surface area contributed by atoms with E-state index < -0.39 is 5.82 Å². The van der Waals surface area contributed by atoms with E-state index in [1.54, 1.807) is 18.2 Å². The van der Waals surface area contributed by atoms with Gasteiger partial charge in [-0.05, 0) is 30.3 Å². The molecule has 0 aliphatic rings. The summed E-state index contributed by atoms with van der Waals surface area (Å²) in [5.41, 5.74) is 0.772. The highest BCUT2D eigenvalue weighted by Gasteiger charge is 2.09. The molecule has 0 unspecified atom stereocenters. The van der Waals surface area contributed by atoms with Crippen LogP contribution in [-0.4, -0.2) is 5.11 Å². The molecule has 0 aliphatic carbocycles. The minimum Gasteiger partial charge on any atom is -0.454 e. The number of halogens is 2. The zero-order valence-electron chi connectivity index (χ0n) is 9.73. The maximum atomic E-state index is 13.7. The Kier molecular flexibility index (Phi) is 4.15. The lowest BCUT2D eigenvalue weighted by Crippen LogP contribution is -1.94. The highest BCUT2D eigenvalue weighted by atomic mass is 79.9. The first-order chi connectivity index (χ1) is 9.13. The van der Waals surface area contributed by atoms with Crippen LogP contribution in [0.25, 0.3) is 0 Å². The number of aliphatic hydroxyl groups excluding tert-OH is 1. The van der Waals surface area contributed by atoms with Crippen LogP contribution in [0.3, 0.4) is 0 Å². The molecule has 0 saturated heterocycles. The molecule has 0 saturated carbocycles. The Hall–Kier alpha value is -1.90. The van der Waals surface area contributed by atoms with Crippen molar-refractivity contribution < 1.29 is 14.2 Å². The minimum absolute atomic E-state index is 0.00630. The highest BCUT2D eigenvalue weighted by molar-refractivity contribution is 9.10. The Morgan fingerprint density at radius 2 is 2.00 bits per heavy atom. The number of aliphatic hydroxyl groups is 1. The summed E-state index contributed by atoms with van der Waals surface area (Å²) in [6, 6.07) is 10.9. The number of nitriles is 1. The molecule has 2 aromatic carbocycles. The molecular weight excluding hydrogens is 313 g/mol. The molecule has 0 aliphatic heterocycles. The molecule has 5 heteroatoms. The molecule has 96 valence electrons. The quantitative estimate of drug-likeness (QED) is 0.936. The predicted molar refractivity (Wildman–Crippen MR) is 71.3 cm³/mol. The summed E-state index contributed by atoms with van der Waals surface area (Å²) in [5, 5.41) is 17.9. The SMILES string of the molecule is N#Cc1ccc(Oc2cc(Br)ccc2CO)c(F)c1. The van der Waals surface area contributed by atoms with Gasteiger partial charge < -0.3 is 9.84 Å². The second kappa shape index (κ2) is 5.83. The van der Waals surface area contributed by atoms with Crippen molar-refractivity contribution in [2.45, 2.75) is 6.61 Å². The highest BCUT2D eigenvalue weighted by Crippen LogP contribution is 2.30. The summed E-state index contributed by atoms with van der Waals surface area (Å²) >= 11 is 3.28. The van der Waals surface area contributed by atoms with Crippen molar-refractivity contribution in [1.29, 1.82) is 5.26 Å². The van der Waals surface area contributed by atoms with Crippen LogP contribution in [0.1, 0.15) is 11.1 Å². The van der Waals surface area contributed by atoms with Crippen LogP contribution in [0.15, 0.2) is 40.9 Å². The van der Waals surface area contributed by atoms with Crippen LogP contribution in [0, 0.1) is 17.1 Å². The average molecular weight is 322 g/mol. The number of hydrogen-bond donors (Lipinski definition) is 1. The standard InChI is InChI=1S/C14H9BrFNO2/c15-11-3-2-10(8-18)14(6-11)19-13-4-1-9(7-17)5-12(13)16/h1-6,18H,8H2. The molecule has 2 aromatic rings. The van der Waals surface area contributed by atoms with Crippen LogP contribution < -0.4 is 4.74 Å². The van der Waals surface area contributed by atoms with Crippen molar-refractivity contribution in [2.24, 2.45) is 0 Å². The molecule has 0 radical (unpaired) electrons. The van der Waals surface area contributed by atoms with Crippen molar-refractivity contribution in [3.8, 4) is 17.6 Å². The van der Waals surface area contributed by atoms with Crippen LogP contribution in [0.4, 0.5) is 4.39 Å². The van der Waals surface area contributed by atoms with Crippen LogP contribution in [-0.2, 0) is 6.61 Å². The van der Waals surface area contributed by atoms with E-state index in [1.165, 1.54) is 12.1 Å². The van der Waals surface area contributed by atoms with E-state index in [1.807, 2.05) is 6.07 Å². The van der Waals surface area contributed by atoms with Gasteiger partial charge in [0.05, 0.1) is 18.2 Å². The molecule has 0 amide bonds. The summed E-state index contributed by atoms with van der Waals surface area (Å²) in [4.78, 5) is 0. The Balaban J connectivity index is 2.36. The molecule has 0 heterocycles. The van der Waals surface area contributed by atoms with E-state index in [9.17, 15) is 9.50 Å².